The Morgan fingerprint density at radius 1 is 1.15 bits per heavy atom. The second kappa shape index (κ2) is 6.06. The lowest BCUT2D eigenvalue weighted by Crippen LogP contribution is -2.19. The zero-order chi connectivity index (χ0) is 13.2. The Morgan fingerprint density at radius 3 is 2.60 bits per heavy atom. The van der Waals surface area contributed by atoms with Crippen LogP contribution in [0.15, 0.2) is 42.5 Å². The highest BCUT2D eigenvalue weighted by atomic mass is 35.5. The Labute approximate surface area is 124 Å². The number of aromatic nitrogens is 1. The van der Waals surface area contributed by atoms with Gasteiger partial charge < -0.3 is 5.11 Å². The highest BCUT2D eigenvalue weighted by Crippen LogP contribution is 2.32. The van der Waals surface area contributed by atoms with Crippen molar-refractivity contribution in [2.24, 2.45) is 0 Å². The highest BCUT2D eigenvalue weighted by Gasteiger charge is 2.27. The molecule has 3 nitrogen and oxygen atoms in total. The number of fused-ring (bicyclic) bond motifs is 1. The normalized spacial score (nSPS) is 16.9. The van der Waals surface area contributed by atoms with E-state index in [1.54, 1.807) is 0 Å². The summed E-state index contributed by atoms with van der Waals surface area (Å²) in [6.07, 6.45) is 2.55. The first kappa shape index (κ1) is 14.5. The predicted octanol–water partition coefficient (Wildman–Crippen LogP) is 3.67. The average Bonchev–Trinajstić information content (AvgIpc) is 2.47. The zero-order valence-electron chi connectivity index (χ0n) is 11.0. The van der Waals surface area contributed by atoms with E-state index in [2.05, 4.69) is 4.98 Å². The second-order valence-corrected chi connectivity index (χ2v) is 4.89. The van der Waals surface area contributed by atoms with Gasteiger partial charge in [0.2, 0.25) is 0 Å². The van der Waals surface area contributed by atoms with Crippen LogP contribution in [0.25, 0.3) is 11.3 Å². The fourth-order valence-corrected chi connectivity index (χ4v) is 2.66. The molecule has 0 bridgehead atoms. The minimum Gasteiger partial charge on any atom is -0.481 e. The number of carboxylic acids is 1. The van der Waals surface area contributed by atoms with E-state index >= 15 is 0 Å². The number of carboxylic acid groups (broad SMARTS) is 1. The van der Waals surface area contributed by atoms with Crippen molar-refractivity contribution in [3.05, 3.63) is 53.7 Å². The van der Waals surface area contributed by atoms with Gasteiger partial charge in [-0.1, -0.05) is 36.4 Å². The third-order valence-corrected chi connectivity index (χ3v) is 3.65. The number of carbonyl (C=O) groups is 1. The summed E-state index contributed by atoms with van der Waals surface area (Å²) in [4.78, 5) is 15.9. The van der Waals surface area contributed by atoms with E-state index in [0.29, 0.717) is 6.42 Å². The number of benzene rings is 1. The van der Waals surface area contributed by atoms with Gasteiger partial charge in [-0.3, -0.25) is 9.78 Å². The van der Waals surface area contributed by atoms with Gasteiger partial charge in [0.15, 0.2) is 0 Å². The molecule has 0 aliphatic heterocycles. The zero-order valence-corrected chi connectivity index (χ0v) is 11.8. The number of halogens is 1. The van der Waals surface area contributed by atoms with E-state index in [1.165, 1.54) is 0 Å². The molecule has 0 radical (unpaired) electrons. The maximum Gasteiger partial charge on any atom is 0.312 e. The number of hydrogen-bond donors (Lipinski definition) is 1. The van der Waals surface area contributed by atoms with E-state index in [9.17, 15) is 9.90 Å². The molecule has 1 N–H and O–H groups in total. The van der Waals surface area contributed by atoms with Gasteiger partial charge in [0.05, 0.1) is 17.3 Å². The van der Waals surface area contributed by atoms with Gasteiger partial charge in [-0.05, 0) is 30.9 Å². The third-order valence-electron chi connectivity index (χ3n) is 3.65. The minimum atomic E-state index is -0.765. The molecule has 2 aromatic rings. The first-order valence-electron chi connectivity index (χ1n) is 6.54. The van der Waals surface area contributed by atoms with Gasteiger partial charge in [-0.15, -0.1) is 12.4 Å². The summed E-state index contributed by atoms with van der Waals surface area (Å²) < 4.78 is 0. The monoisotopic (exact) mass is 289 g/mol. The van der Waals surface area contributed by atoms with Crippen molar-refractivity contribution in [3.63, 3.8) is 0 Å². The molecular weight excluding hydrogens is 274 g/mol. The lowest BCUT2D eigenvalue weighted by atomic mass is 9.86. The van der Waals surface area contributed by atoms with E-state index in [0.717, 1.165) is 35.4 Å². The van der Waals surface area contributed by atoms with Gasteiger partial charge in [0.1, 0.15) is 0 Å². The van der Waals surface area contributed by atoms with Crippen LogP contribution in [0.1, 0.15) is 30.0 Å². The number of rotatable bonds is 2. The Bertz CT molecular complexity index is 613. The number of aryl methyl sites for hydroxylation is 1. The molecule has 0 fully saturated rings. The molecule has 1 aliphatic carbocycles. The van der Waals surface area contributed by atoms with Crippen molar-refractivity contribution in [3.8, 4) is 11.3 Å². The van der Waals surface area contributed by atoms with Crippen LogP contribution in [0.5, 0.6) is 0 Å². The van der Waals surface area contributed by atoms with Gasteiger partial charge in [0.25, 0.3) is 0 Å². The fraction of sp³-hybridized carbons (Fsp3) is 0.250. The molecule has 1 heterocycles. The molecule has 20 heavy (non-hydrogen) atoms. The third kappa shape index (κ3) is 2.68. The summed E-state index contributed by atoms with van der Waals surface area (Å²) >= 11 is 0. The number of hydrogen-bond acceptors (Lipinski definition) is 2. The molecule has 1 atom stereocenters. The maximum absolute atomic E-state index is 11.3. The first-order valence-corrected chi connectivity index (χ1v) is 6.54. The van der Waals surface area contributed by atoms with Crippen molar-refractivity contribution in [1.29, 1.82) is 0 Å². The topological polar surface area (TPSA) is 50.2 Å². The van der Waals surface area contributed by atoms with Crippen LogP contribution in [0.3, 0.4) is 0 Å². The number of aliphatic carboxylic acids is 1. The summed E-state index contributed by atoms with van der Waals surface area (Å²) in [5.74, 6) is -1.22. The van der Waals surface area contributed by atoms with Crippen LogP contribution in [0.2, 0.25) is 0 Å². The first-order chi connectivity index (χ1) is 9.25. The molecule has 1 aliphatic rings. The van der Waals surface area contributed by atoms with Gasteiger partial charge in [-0.2, -0.15) is 0 Å². The van der Waals surface area contributed by atoms with Crippen molar-refractivity contribution in [2.75, 3.05) is 0 Å². The van der Waals surface area contributed by atoms with E-state index < -0.39 is 11.9 Å². The standard InChI is InChI=1S/C16H15NO2.ClH/c18-16(19)13-8-4-7-12-9-10-14(17-15(12)13)11-5-2-1-3-6-11;/h1-3,5-6,9-10,13H,4,7-8H2,(H,18,19);1H. The Balaban J connectivity index is 0.00000147. The van der Waals surface area contributed by atoms with E-state index in [-0.39, 0.29) is 12.4 Å². The lowest BCUT2D eigenvalue weighted by Gasteiger charge is -2.21. The molecule has 1 aromatic carbocycles. The van der Waals surface area contributed by atoms with Crippen molar-refractivity contribution in [2.45, 2.75) is 25.2 Å². The molecular formula is C16H16ClNO2. The van der Waals surface area contributed by atoms with Crippen LogP contribution >= 0.6 is 12.4 Å². The summed E-state index contributed by atoms with van der Waals surface area (Å²) in [7, 11) is 0. The number of nitrogens with zero attached hydrogens (tertiary/aromatic N) is 1. The van der Waals surface area contributed by atoms with Crippen LogP contribution in [-0.4, -0.2) is 16.1 Å². The highest BCUT2D eigenvalue weighted by molar-refractivity contribution is 5.85. The molecule has 0 saturated carbocycles. The maximum atomic E-state index is 11.3. The molecule has 104 valence electrons. The van der Waals surface area contributed by atoms with Gasteiger partial charge >= 0.3 is 5.97 Å². The van der Waals surface area contributed by atoms with Crippen molar-refractivity contribution in [1.82, 2.24) is 4.98 Å². The molecule has 4 heteroatoms. The average molecular weight is 290 g/mol. The smallest absolute Gasteiger partial charge is 0.312 e. The van der Waals surface area contributed by atoms with Crippen LogP contribution in [0, 0.1) is 0 Å². The number of pyridine rings is 1. The lowest BCUT2D eigenvalue weighted by molar-refractivity contribution is -0.139. The fourth-order valence-electron chi connectivity index (χ4n) is 2.66. The molecule has 1 unspecified atom stereocenters. The Morgan fingerprint density at radius 2 is 1.90 bits per heavy atom. The summed E-state index contributed by atoms with van der Waals surface area (Å²) in [6, 6.07) is 13.9. The quantitative estimate of drug-likeness (QED) is 0.917. The second-order valence-electron chi connectivity index (χ2n) is 4.89. The van der Waals surface area contributed by atoms with Gasteiger partial charge in [-0.25, -0.2) is 0 Å². The van der Waals surface area contributed by atoms with Crippen molar-refractivity contribution < 1.29 is 9.90 Å². The van der Waals surface area contributed by atoms with Crippen LogP contribution in [0.4, 0.5) is 0 Å². The molecule has 0 saturated heterocycles. The Hall–Kier alpha value is -1.87. The molecule has 3 rings (SSSR count). The molecule has 0 spiro atoms. The summed E-state index contributed by atoms with van der Waals surface area (Å²) in [5, 5.41) is 9.31. The van der Waals surface area contributed by atoms with Crippen LogP contribution < -0.4 is 0 Å². The Kier molecular flexibility index (Phi) is 4.40. The van der Waals surface area contributed by atoms with Crippen LogP contribution in [-0.2, 0) is 11.2 Å². The van der Waals surface area contributed by atoms with E-state index in [1.807, 2.05) is 42.5 Å². The largest absolute Gasteiger partial charge is 0.481 e. The SMILES string of the molecule is Cl.O=C(O)C1CCCc2ccc(-c3ccccc3)nc21. The summed E-state index contributed by atoms with van der Waals surface area (Å²) in [5.41, 5.74) is 3.71. The minimum absolute atomic E-state index is 0. The molecule has 1 aromatic heterocycles. The molecule has 0 amide bonds. The summed E-state index contributed by atoms with van der Waals surface area (Å²) in [6.45, 7) is 0. The van der Waals surface area contributed by atoms with Crippen molar-refractivity contribution >= 4 is 18.4 Å². The predicted molar refractivity (Wildman–Crippen MR) is 80.2 cm³/mol. The van der Waals surface area contributed by atoms with E-state index in [4.69, 9.17) is 0 Å². The van der Waals surface area contributed by atoms with Gasteiger partial charge in [0, 0.05) is 5.56 Å².